The van der Waals surface area contributed by atoms with Crippen LogP contribution in [-0.2, 0) is 23.9 Å². The minimum absolute atomic E-state index is 0.293. The van der Waals surface area contributed by atoms with Gasteiger partial charge >= 0.3 is 5.97 Å². The molecule has 2 fully saturated rings. The van der Waals surface area contributed by atoms with Crippen molar-refractivity contribution in [1.29, 1.82) is 0 Å². The Kier molecular flexibility index (Phi) is 5.58. The molecule has 27 heavy (non-hydrogen) atoms. The van der Waals surface area contributed by atoms with Crippen LogP contribution >= 0.6 is 0 Å². The number of hydrogen-bond acceptors (Lipinski definition) is 5. The maximum absolute atomic E-state index is 12.5. The topological polar surface area (TPSA) is 92.8 Å². The van der Waals surface area contributed by atoms with E-state index in [9.17, 15) is 19.2 Å². The number of carbonyl (C=O) groups is 4. The second-order valence-corrected chi connectivity index (χ2v) is 7.25. The van der Waals surface area contributed by atoms with Crippen LogP contribution in [0.5, 0.6) is 0 Å². The molecule has 1 aromatic rings. The van der Waals surface area contributed by atoms with E-state index in [0.717, 1.165) is 23.3 Å². The van der Waals surface area contributed by atoms with Gasteiger partial charge in [-0.1, -0.05) is 25.0 Å². The summed E-state index contributed by atoms with van der Waals surface area (Å²) in [5.41, 5.74) is 1.60. The number of ether oxygens (including phenoxy) is 1. The van der Waals surface area contributed by atoms with Gasteiger partial charge < -0.3 is 10.1 Å². The summed E-state index contributed by atoms with van der Waals surface area (Å²) < 4.78 is 5.03. The quantitative estimate of drug-likeness (QED) is 0.631. The standard InChI is InChI=1S/C20H24N2O5/c1-12-6-5-7-14(10-12)21-17(23)11-27-20(26)13(2)22-18(24)15-8-3-4-9-16(15)19(22)25/h5-7,10,13,15-16H,3-4,8-9,11H2,1-2H3,(H,21,23)/t13-,15+,16+/m0/s1. The lowest BCUT2D eigenvalue weighted by Crippen LogP contribution is -2.45. The third kappa shape index (κ3) is 4.02. The molecule has 3 atom stereocenters. The predicted molar refractivity (Wildman–Crippen MR) is 97.5 cm³/mol. The number of fused-ring (bicyclic) bond motifs is 1. The van der Waals surface area contributed by atoms with Crippen LogP contribution < -0.4 is 5.32 Å². The number of esters is 1. The largest absolute Gasteiger partial charge is 0.454 e. The number of likely N-dealkylation sites (tertiary alicyclic amines) is 1. The van der Waals surface area contributed by atoms with Crippen molar-refractivity contribution in [3.8, 4) is 0 Å². The van der Waals surface area contributed by atoms with Crippen molar-refractivity contribution in [3.05, 3.63) is 29.8 Å². The molecule has 0 unspecified atom stereocenters. The SMILES string of the molecule is Cc1cccc(NC(=O)COC(=O)[C@H](C)N2C(=O)[C@@H]3CCCC[C@H]3C2=O)c1. The number of amides is 3. The minimum Gasteiger partial charge on any atom is -0.454 e. The fourth-order valence-electron chi connectivity index (χ4n) is 3.85. The molecule has 1 aliphatic heterocycles. The molecule has 0 aromatic heterocycles. The average molecular weight is 372 g/mol. The van der Waals surface area contributed by atoms with Crippen molar-refractivity contribution in [1.82, 2.24) is 4.90 Å². The molecule has 3 rings (SSSR count). The molecule has 7 nitrogen and oxygen atoms in total. The van der Waals surface area contributed by atoms with Crippen LogP contribution in [0.2, 0.25) is 0 Å². The highest BCUT2D eigenvalue weighted by Crippen LogP contribution is 2.38. The third-order valence-electron chi connectivity index (χ3n) is 5.25. The molecule has 7 heteroatoms. The zero-order chi connectivity index (χ0) is 19.6. The summed E-state index contributed by atoms with van der Waals surface area (Å²) in [7, 11) is 0. The molecule has 0 bridgehead atoms. The minimum atomic E-state index is -1.03. The number of aryl methyl sites for hydroxylation is 1. The molecule has 1 N–H and O–H groups in total. The maximum Gasteiger partial charge on any atom is 0.329 e. The summed E-state index contributed by atoms with van der Waals surface area (Å²) in [6.07, 6.45) is 3.22. The molecule has 0 spiro atoms. The fraction of sp³-hybridized carbons (Fsp3) is 0.500. The fourth-order valence-corrected chi connectivity index (χ4v) is 3.85. The number of nitrogens with zero attached hydrogens (tertiary/aromatic N) is 1. The van der Waals surface area contributed by atoms with Gasteiger partial charge in [0.2, 0.25) is 11.8 Å². The summed E-state index contributed by atoms with van der Waals surface area (Å²) in [5.74, 6) is -2.45. The first-order chi connectivity index (χ1) is 12.9. The molecular weight excluding hydrogens is 348 g/mol. The zero-order valence-corrected chi connectivity index (χ0v) is 15.6. The predicted octanol–water partition coefficient (Wildman–Crippen LogP) is 2.04. The van der Waals surface area contributed by atoms with Gasteiger partial charge in [0.25, 0.3) is 5.91 Å². The third-order valence-corrected chi connectivity index (χ3v) is 5.25. The Morgan fingerprint density at radius 1 is 1.19 bits per heavy atom. The molecule has 2 aliphatic rings. The highest BCUT2D eigenvalue weighted by molar-refractivity contribution is 6.08. The summed E-state index contributed by atoms with van der Waals surface area (Å²) in [5, 5.41) is 2.64. The smallest absolute Gasteiger partial charge is 0.329 e. The van der Waals surface area contributed by atoms with E-state index in [-0.39, 0.29) is 23.7 Å². The normalized spacial score (nSPS) is 23.0. The van der Waals surface area contributed by atoms with Crippen molar-refractivity contribution in [2.45, 2.75) is 45.6 Å². The number of hydrogen-bond donors (Lipinski definition) is 1. The van der Waals surface area contributed by atoms with E-state index >= 15 is 0 Å². The van der Waals surface area contributed by atoms with Crippen LogP contribution in [0.3, 0.4) is 0 Å². The van der Waals surface area contributed by atoms with Gasteiger partial charge in [0.05, 0.1) is 11.8 Å². The van der Waals surface area contributed by atoms with Gasteiger partial charge in [-0.3, -0.25) is 19.3 Å². The van der Waals surface area contributed by atoms with Crippen LogP contribution in [0.4, 0.5) is 5.69 Å². The number of imide groups is 1. The lowest BCUT2D eigenvalue weighted by Gasteiger charge is -2.21. The van der Waals surface area contributed by atoms with Crippen LogP contribution in [0.15, 0.2) is 24.3 Å². The van der Waals surface area contributed by atoms with Gasteiger partial charge in [-0.05, 0) is 44.4 Å². The Balaban J connectivity index is 1.55. The molecule has 1 aliphatic carbocycles. The van der Waals surface area contributed by atoms with Gasteiger partial charge in [0.1, 0.15) is 6.04 Å². The van der Waals surface area contributed by atoms with Crippen LogP contribution in [-0.4, -0.2) is 41.2 Å². The average Bonchev–Trinajstić information content (AvgIpc) is 2.90. The number of nitrogens with one attached hydrogen (secondary N) is 1. The van der Waals surface area contributed by atoms with Gasteiger partial charge in [-0.2, -0.15) is 0 Å². The number of anilines is 1. The number of carbonyl (C=O) groups excluding carboxylic acids is 4. The Hall–Kier alpha value is -2.70. The molecule has 1 saturated carbocycles. The Morgan fingerprint density at radius 2 is 1.81 bits per heavy atom. The van der Waals surface area contributed by atoms with Crippen LogP contribution in [0, 0.1) is 18.8 Å². The Bertz CT molecular complexity index is 751. The molecule has 3 amide bonds. The lowest BCUT2D eigenvalue weighted by atomic mass is 9.81. The summed E-state index contributed by atoms with van der Waals surface area (Å²) in [6.45, 7) is 2.90. The van der Waals surface area contributed by atoms with E-state index in [4.69, 9.17) is 4.74 Å². The van der Waals surface area contributed by atoms with Crippen molar-refractivity contribution >= 4 is 29.4 Å². The molecule has 1 aromatic carbocycles. The molecular formula is C20H24N2O5. The zero-order valence-electron chi connectivity index (χ0n) is 15.6. The summed E-state index contributed by atoms with van der Waals surface area (Å²) in [6, 6.07) is 6.22. The summed E-state index contributed by atoms with van der Waals surface area (Å²) >= 11 is 0. The first kappa shape index (κ1) is 19.1. The molecule has 1 saturated heterocycles. The number of benzene rings is 1. The maximum atomic E-state index is 12.5. The first-order valence-corrected chi connectivity index (χ1v) is 9.28. The van der Waals surface area contributed by atoms with Crippen LogP contribution in [0.1, 0.15) is 38.2 Å². The van der Waals surface area contributed by atoms with Crippen molar-refractivity contribution in [2.24, 2.45) is 11.8 Å². The van der Waals surface area contributed by atoms with E-state index in [0.29, 0.717) is 18.5 Å². The Labute approximate surface area is 158 Å². The van der Waals surface area contributed by atoms with Gasteiger partial charge in [0.15, 0.2) is 6.61 Å². The van der Waals surface area contributed by atoms with Gasteiger partial charge in [0, 0.05) is 5.69 Å². The second-order valence-electron chi connectivity index (χ2n) is 7.25. The monoisotopic (exact) mass is 372 g/mol. The van der Waals surface area contributed by atoms with E-state index in [1.54, 1.807) is 12.1 Å². The number of rotatable bonds is 5. The van der Waals surface area contributed by atoms with E-state index in [1.165, 1.54) is 6.92 Å². The Morgan fingerprint density at radius 3 is 2.41 bits per heavy atom. The lowest BCUT2D eigenvalue weighted by molar-refractivity contribution is -0.159. The first-order valence-electron chi connectivity index (χ1n) is 9.28. The van der Waals surface area contributed by atoms with E-state index in [2.05, 4.69) is 5.32 Å². The molecule has 144 valence electrons. The van der Waals surface area contributed by atoms with Crippen LogP contribution in [0.25, 0.3) is 0 Å². The van der Waals surface area contributed by atoms with Gasteiger partial charge in [-0.25, -0.2) is 4.79 Å². The highest BCUT2D eigenvalue weighted by Gasteiger charge is 2.51. The summed E-state index contributed by atoms with van der Waals surface area (Å²) in [4.78, 5) is 50.3. The molecule has 0 radical (unpaired) electrons. The van der Waals surface area contributed by atoms with Crippen molar-refractivity contribution < 1.29 is 23.9 Å². The van der Waals surface area contributed by atoms with E-state index < -0.39 is 24.5 Å². The molecule has 1 heterocycles. The van der Waals surface area contributed by atoms with Crippen molar-refractivity contribution in [3.63, 3.8) is 0 Å². The second kappa shape index (κ2) is 7.90. The van der Waals surface area contributed by atoms with E-state index in [1.807, 2.05) is 19.1 Å². The van der Waals surface area contributed by atoms with Gasteiger partial charge in [-0.15, -0.1) is 0 Å². The highest BCUT2D eigenvalue weighted by atomic mass is 16.5. The van der Waals surface area contributed by atoms with Crippen molar-refractivity contribution in [2.75, 3.05) is 11.9 Å².